The number of nitrogens with zero attached hydrogens (tertiary/aromatic N) is 3. The molecule has 3 rings (SSSR count). The molecular formula is C21H31N5O. The number of benzene rings is 1. The Morgan fingerprint density at radius 3 is 2.74 bits per heavy atom. The van der Waals surface area contributed by atoms with Gasteiger partial charge in [0.15, 0.2) is 5.96 Å². The van der Waals surface area contributed by atoms with Crippen molar-refractivity contribution in [1.82, 2.24) is 20.4 Å². The van der Waals surface area contributed by atoms with Crippen LogP contribution >= 0.6 is 0 Å². The average molecular weight is 370 g/mol. The van der Waals surface area contributed by atoms with E-state index < -0.39 is 0 Å². The molecule has 6 heteroatoms. The largest absolute Gasteiger partial charge is 0.385 e. The van der Waals surface area contributed by atoms with Crippen molar-refractivity contribution in [2.24, 2.45) is 10.4 Å². The number of hydrogen-bond donors (Lipinski definition) is 2. The van der Waals surface area contributed by atoms with Crippen LogP contribution < -0.4 is 10.6 Å². The highest BCUT2D eigenvalue weighted by Gasteiger charge is 2.33. The van der Waals surface area contributed by atoms with Crippen LogP contribution in [0.25, 0.3) is 5.69 Å². The SMILES string of the molecule is CN=C(NCc1ccccc1-n1cccn1)NCC1(CCOC)CCCC1. The molecule has 0 aliphatic heterocycles. The quantitative estimate of drug-likeness (QED) is 0.554. The van der Waals surface area contributed by atoms with Crippen molar-refractivity contribution < 1.29 is 4.74 Å². The number of aliphatic imine (C=N–C) groups is 1. The van der Waals surface area contributed by atoms with Gasteiger partial charge in [0.05, 0.1) is 5.69 Å². The van der Waals surface area contributed by atoms with Crippen molar-refractivity contribution in [2.45, 2.75) is 38.6 Å². The lowest BCUT2D eigenvalue weighted by atomic mass is 9.83. The number of methoxy groups -OCH3 is 1. The summed E-state index contributed by atoms with van der Waals surface area (Å²) in [6.45, 7) is 2.46. The normalized spacial score (nSPS) is 16.4. The summed E-state index contributed by atoms with van der Waals surface area (Å²) in [6.07, 6.45) is 10.0. The summed E-state index contributed by atoms with van der Waals surface area (Å²) < 4.78 is 7.23. The monoisotopic (exact) mass is 369 g/mol. The molecule has 0 amide bonds. The van der Waals surface area contributed by atoms with E-state index in [0.29, 0.717) is 12.0 Å². The second-order valence-corrected chi connectivity index (χ2v) is 7.31. The molecule has 1 fully saturated rings. The van der Waals surface area contributed by atoms with E-state index in [1.807, 2.05) is 30.1 Å². The van der Waals surface area contributed by atoms with Gasteiger partial charge in [0.1, 0.15) is 0 Å². The van der Waals surface area contributed by atoms with Gasteiger partial charge in [0.2, 0.25) is 0 Å². The molecule has 1 heterocycles. The second-order valence-electron chi connectivity index (χ2n) is 7.31. The number of hydrogen-bond acceptors (Lipinski definition) is 3. The van der Waals surface area contributed by atoms with Gasteiger partial charge in [-0.3, -0.25) is 4.99 Å². The van der Waals surface area contributed by atoms with Crippen molar-refractivity contribution in [1.29, 1.82) is 0 Å². The third-order valence-electron chi connectivity index (χ3n) is 5.54. The highest BCUT2D eigenvalue weighted by Crippen LogP contribution is 2.40. The van der Waals surface area contributed by atoms with E-state index in [0.717, 1.165) is 31.2 Å². The topological polar surface area (TPSA) is 63.5 Å². The van der Waals surface area contributed by atoms with E-state index in [9.17, 15) is 0 Å². The number of guanidine groups is 1. The third kappa shape index (κ3) is 5.10. The Kier molecular flexibility index (Phi) is 6.87. The fourth-order valence-electron chi connectivity index (χ4n) is 3.92. The average Bonchev–Trinajstić information content (AvgIpc) is 3.40. The Balaban J connectivity index is 1.59. The van der Waals surface area contributed by atoms with Crippen LogP contribution in [0.2, 0.25) is 0 Å². The van der Waals surface area contributed by atoms with Crippen LogP contribution in [0, 0.1) is 5.41 Å². The number of aromatic nitrogens is 2. The summed E-state index contributed by atoms with van der Waals surface area (Å²) in [6, 6.07) is 10.2. The van der Waals surface area contributed by atoms with Crippen molar-refractivity contribution in [3.63, 3.8) is 0 Å². The van der Waals surface area contributed by atoms with Crippen LogP contribution in [0.5, 0.6) is 0 Å². The number of para-hydroxylation sites is 1. The Bertz CT molecular complexity index is 720. The van der Waals surface area contributed by atoms with Gasteiger partial charge < -0.3 is 15.4 Å². The van der Waals surface area contributed by atoms with Gasteiger partial charge in [-0.25, -0.2) is 4.68 Å². The molecule has 1 aromatic carbocycles. The van der Waals surface area contributed by atoms with Crippen molar-refractivity contribution in [3.05, 3.63) is 48.3 Å². The van der Waals surface area contributed by atoms with E-state index in [1.54, 1.807) is 13.3 Å². The van der Waals surface area contributed by atoms with Gasteiger partial charge in [-0.2, -0.15) is 5.10 Å². The first kappa shape index (κ1) is 19.4. The Morgan fingerprint density at radius 1 is 1.22 bits per heavy atom. The number of nitrogens with one attached hydrogen (secondary N) is 2. The summed E-state index contributed by atoms with van der Waals surface area (Å²) >= 11 is 0. The fourth-order valence-corrected chi connectivity index (χ4v) is 3.92. The van der Waals surface area contributed by atoms with E-state index in [2.05, 4.69) is 38.9 Å². The summed E-state index contributed by atoms with van der Waals surface area (Å²) in [7, 11) is 3.61. The maximum atomic E-state index is 5.33. The number of ether oxygens (including phenoxy) is 1. The summed E-state index contributed by atoms with van der Waals surface area (Å²) in [5.41, 5.74) is 2.59. The molecule has 1 saturated carbocycles. The first-order valence-corrected chi connectivity index (χ1v) is 9.78. The Morgan fingerprint density at radius 2 is 2.04 bits per heavy atom. The molecule has 0 atom stereocenters. The smallest absolute Gasteiger partial charge is 0.191 e. The van der Waals surface area contributed by atoms with Gasteiger partial charge in [0.25, 0.3) is 0 Å². The molecule has 0 saturated heterocycles. The second kappa shape index (κ2) is 9.55. The summed E-state index contributed by atoms with van der Waals surface area (Å²) in [5, 5.41) is 11.4. The van der Waals surface area contributed by atoms with Crippen LogP contribution in [0.3, 0.4) is 0 Å². The van der Waals surface area contributed by atoms with E-state index in [-0.39, 0.29) is 0 Å². The molecule has 1 aliphatic carbocycles. The third-order valence-corrected chi connectivity index (χ3v) is 5.54. The molecule has 6 nitrogen and oxygen atoms in total. The van der Waals surface area contributed by atoms with E-state index >= 15 is 0 Å². The fraction of sp³-hybridized carbons (Fsp3) is 0.524. The van der Waals surface area contributed by atoms with Crippen LogP contribution in [-0.4, -0.2) is 43.0 Å². The summed E-state index contributed by atoms with van der Waals surface area (Å²) in [4.78, 5) is 4.41. The lowest BCUT2D eigenvalue weighted by Crippen LogP contribution is -2.43. The minimum atomic E-state index is 0.334. The lowest BCUT2D eigenvalue weighted by molar-refractivity contribution is 0.138. The standard InChI is InChI=1S/C21H31N5O/c1-22-20(24-17-21(12-15-27-2)10-5-6-11-21)23-16-18-8-3-4-9-19(18)26-14-7-13-25-26/h3-4,7-9,13-14H,5-6,10-12,15-17H2,1-2H3,(H2,22,23,24). The zero-order valence-electron chi connectivity index (χ0n) is 16.4. The molecule has 146 valence electrons. The minimum Gasteiger partial charge on any atom is -0.385 e. The Hall–Kier alpha value is -2.34. The van der Waals surface area contributed by atoms with E-state index in [1.165, 1.54) is 31.2 Å². The molecule has 0 unspecified atom stereocenters. The predicted molar refractivity (Wildman–Crippen MR) is 109 cm³/mol. The molecule has 0 spiro atoms. The van der Waals surface area contributed by atoms with Crippen LogP contribution in [0.4, 0.5) is 0 Å². The van der Waals surface area contributed by atoms with Crippen molar-refractivity contribution in [2.75, 3.05) is 27.3 Å². The maximum Gasteiger partial charge on any atom is 0.191 e. The van der Waals surface area contributed by atoms with Gasteiger partial charge in [-0.05, 0) is 42.4 Å². The number of rotatable bonds is 8. The van der Waals surface area contributed by atoms with Crippen LogP contribution in [0.1, 0.15) is 37.7 Å². The lowest BCUT2D eigenvalue weighted by Gasteiger charge is -2.30. The van der Waals surface area contributed by atoms with Gasteiger partial charge >= 0.3 is 0 Å². The highest BCUT2D eigenvalue weighted by atomic mass is 16.5. The minimum absolute atomic E-state index is 0.334. The highest BCUT2D eigenvalue weighted by molar-refractivity contribution is 5.79. The van der Waals surface area contributed by atoms with Gasteiger partial charge in [-0.15, -0.1) is 0 Å². The zero-order valence-corrected chi connectivity index (χ0v) is 16.4. The molecular weight excluding hydrogens is 338 g/mol. The van der Waals surface area contributed by atoms with Gasteiger partial charge in [-0.1, -0.05) is 31.0 Å². The first-order valence-electron chi connectivity index (χ1n) is 9.78. The molecule has 2 aromatic rings. The molecule has 0 bridgehead atoms. The maximum absolute atomic E-state index is 5.33. The van der Waals surface area contributed by atoms with Crippen molar-refractivity contribution in [3.8, 4) is 5.69 Å². The molecule has 0 radical (unpaired) electrons. The molecule has 2 N–H and O–H groups in total. The van der Waals surface area contributed by atoms with Crippen LogP contribution in [-0.2, 0) is 11.3 Å². The zero-order chi connectivity index (χ0) is 19.0. The molecule has 27 heavy (non-hydrogen) atoms. The van der Waals surface area contributed by atoms with Gasteiger partial charge in [0, 0.05) is 46.2 Å². The predicted octanol–water partition coefficient (Wildman–Crippen LogP) is 3.13. The van der Waals surface area contributed by atoms with Crippen molar-refractivity contribution >= 4 is 5.96 Å². The molecule has 1 aliphatic rings. The van der Waals surface area contributed by atoms with Crippen LogP contribution in [0.15, 0.2) is 47.7 Å². The summed E-state index contributed by atoms with van der Waals surface area (Å²) in [5.74, 6) is 0.842. The Labute approximate surface area is 162 Å². The van der Waals surface area contributed by atoms with E-state index in [4.69, 9.17) is 4.74 Å². The molecule has 1 aromatic heterocycles. The first-order chi connectivity index (χ1) is 13.3.